The van der Waals surface area contributed by atoms with E-state index in [1.807, 2.05) is 13.8 Å². The van der Waals surface area contributed by atoms with Crippen LogP contribution in [-0.4, -0.2) is 83.2 Å². The van der Waals surface area contributed by atoms with Gasteiger partial charge >= 0.3 is 5.97 Å². The van der Waals surface area contributed by atoms with Crippen LogP contribution in [0.2, 0.25) is 0 Å². The number of fused-ring (bicyclic) bond motifs is 25. The van der Waals surface area contributed by atoms with E-state index in [1.165, 1.54) is 10.5 Å². The first-order chi connectivity index (χ1) is 28.5. The van der Waals surface area contributed by atoms with Gasteiger partial charge in [0.1, 0.15) is 17.4 Å². The van der Waals surface area contributed by atoms with Crippen LogP contribution in [0, 0.1) is 35.5 Å². The first-order valence-corrected chi connectivity index (χ1v) is 23.3. The van der Waals surface area contributed by atoms with Crippen molar-refractivity contribution in [3.05, 3.63) is 59.8 Å². The SMILES string of the molecule is C=C1CC[C@H](C)/C=C/C=C/C=C(\C)CCCCCC(C)C(O)(CC)C(=O)C(=O)N2CCC(CC2C(=O)O)[C@H](CC2CCCC(OC)C2)CCC(=O)[C@H](C)/C=C(\C)CC1OC. The van der Waals surface area contributed by atoms with Crippen molar-refractivity contribution in [3.63, 3.8) is 0 Å². The average molecular weight is 836 g/mol. The fraction of sp³-hybridized carbons (Fsp3) is 0.725. The van der Waals surface area contributed by atoms with Crippen LogP contribution in [0.5, 0.6) is 0 Å². The third-order valence-corrected chi connectivity index (χ3v) is 14.2. The first-order valence-electron chi connectivity index (χ1n) is 23.3. The van der Waals surface area contributed by atoms with Gasteiger partial charge in [-0.3, -0.25) is 14.4 Å². The molecule has 9 nitrogen and oxygen atoms in total. The molecule has 2 bridgehead atoms. The molecule has 0 aromatic rings. The van der Waals surface area contributed by atoms with Crippen LogP contribution in [0.25, 0.3) is 0 Å². The van der Waals surface area contributed by atoms with Crippen LogP contribution in [0.15, 0.2) is 59.8 Å². The van der Waals surface area contributed by atoms with Crippen LogP contribution in [0.1, 0.15) is 157 Å². The quantitative estimate of drug-likeness (QED) is 0.200. The van der Waals surface area contributed by atoms with E-state index in [4.69, 9.17) is 9.47 Å². The number of rotatable bonds is 6. The summed E-state index contributed by atoms with van der Waals surface area (Å²) in [6.07, 6.45) is 26.2. The minimum atomic E-state index is -1.87. The number of methoxy groups -OCH3 is 2. The standard InChI is InChI=1S/C51H81NO8/c1-10-51(58)40(7)21-16-12-15-19-35(2)18-13-11-14-20-36(3)24-25-38(5)47(60-9)31-37(4)30-39(6)46(53)27-26-42(32-41-22-17-23-44(33-41)59-8)43-28-29-52(49(55)48(51)54)45(34-43)50(56)57/h11,13-14,18,20,30,36,39-45,47,58H,5,10,12,15-17,19,21-29,31-34H2,1-4,6-9H3,(H,56,57)/b13-11+,20-14+,35-18+,37-30+/t36-,39-,40?,41?,42+,43?,44?,45?,47?,51?/m1/s1. The van der Waals surface area contributed by atoms with Gasteiger partial charge in [0.15, 0.2) is 0 Å². The summed E-state index contributed by atoms with van der Waals surface area (Å²) in [6.45, 7) is 16.4. The number of Topliss-reactive ketones (excluding diaryl/α,β-unsaturated/α-hetero) is 2. The highest BCUT2D eigenvalue weighted by Gasteiger charge is 2.48. The van der Waals surface area contributed by atoms with E-state index in [1.54, 1.807) is 21.1 Å². The third-order valence-electron chi connectivity index (χ3n) is 14.2. The fourth-order valence-electron chi connectivity index (χ4n) is 9.98. The Kier molecular flexibility index (Phi) is 21.9. The number of hydrogen-bond acceptors (Lipinski definition) is 7. The second kappa shape index (κ2) is 25.7. The number of hydrogen-bond donors (Lipinski definition) is 2. The number of carboxylic acid groups (broad SMARTS) is 1. The lowest BCUT2D eigenvalue weighted by Gasteiger charge is -2.42. The summed E-state index contributed by atoms with van der Waals surface area (Å²) in [5, 5.41) is 22.3. The molecule has 3 aliphatic heterocycles. The van der Waals surface area contributed by atoms with Gasteiger partial charge in [0.05, 0.1) is 12.2 Å². The van der Waals surface area contributed by atoms with Crippen molar-refractivity contribution in [1.82, 2.24) is 4.90 Å². The van der Waals surface area contributed by atoms with Gasteiger partial charge in [-0.15, -0.1) is 0 Å². The number of amides is 1. The van der Waals surface area contributed by atoms with Crippen molar-refractivity contribution in [2.75, 3.05) is 20.8 Å². The van der Waals surface area contributed by atoms with Crippen LogP contribution < -0.4 is 0 Å². The predicted octanol–water partition coefficient (Wildman–Crippen LogP) is 10.6. The van der Waals surface area contributed by atoms with Crippen LogP contribution in [-0.2, 0) is 28.7 Å². The monoisotopic (exact) mass is 836 g/mol. The Morgan fingerprint density at radius 1 is 0.867 bits per heavy atom. The van der Waals surface area contributed by atoms with Gasteiger partial charge in [0, 0.05) is 33.1 Å². The molecule has 2 N–H and O–H groups in total. The first kappa shape index (κ1) is 51.2. The van der Waals surface area contributed by atoms with E-state index in [2.05, 4.69) is 63.8 Å². The number of ether oxygens (including phenoxy) is 2. The van der Waals surface area contributed by atoms with Crippen molar-refractivity contribution in [3.8, 4) is 0 Å². The molecule has 1 saturated carbocycles. The molecule has 2 fully saturated rings. The molecule has 0 radical (unpaired) electrons. The maximum absolute atomic E-state index is 14.0. The van der Waals surface area contributed by atoms with Crippen molar-refractivity contribution in [2.24, 2.45) is 35.5 Å². The van der Waals surface area contributed by atoms with E-state index in [9.17, 15) is 29.4 Å². The molecule has 9 heteroatoms. The van der Waals surface area contributed by atoms with Crippen molar-refractivity contribution in [1.29, 1.82) is 0 Å². The molecule has 1 aliphatic carbocycles. The number of carboxylic acids is 1. The minimum absolute atomic E-state index is 0.0345. The molecular formula is C51H81NO8. The van der Waals surface area contributed by atoms with Gasteiger partial charge in [0.2, 0.25) is 0 Å². The van der Waals surface area contributed by atoms with Crippen molar-refractivity contribution < 1.29 is 38.9 Å². The van der Waals surface area contributed by atoms with E-state index >= 15 is 0 Å². The summed E-state index contributed by atoms with van der Waals surface area (Å²) in [6, 6.07) is -1.18. The van der Waals surface area contributed by atoms with E-state index in [0.29, 0.717) is 43.9 Å². The molecular weight excluding hydrogens is 755 g/mol. The van der Waals surface area contributed by atoms with Gasteiger partial charge in [-0.2, -0.15) is 0 Å². The second-order valence-electron chi connectivity index (χ2n) is 18.8. The molecule has 3 heterocycles. The molecule has 0 aromatic carbocycles. The Hall–Kier alpha value is -3.14. The van der Waals surface area contributed by atoms with E-state index < -0.39 is 35.2 Å². The average Bonchev–Trinajstić information content (AvgIpc) is 3.24. The molecule has 4 rings (SSSR count). The molecule has 1 saturated heterocycles. The number of aliphatic carboxylic acids is 1. The number of ketones is 2. The molecule has 4 aliphatic rings. The number of nitrogens with zero attached hydrogens (tertiary/aromatic N) is 1. The molecule has 0 spiro atoms. The Balaban J connectivity index is 1.89. The highest BCUT2D eigenvalue weighted by molar-refractivity contribution is 6.39. The Morgan fingerprint density at radius 2 is 1.62 bits per heavy atom. The van der Waals surface area contributed by atoms with E-state index in [0.717, 1.165) is 81.8 Å². The van der Waals surface area contributed by atoms with Gasteiger partial charge in [-0.1, -0.05) is 108 Å². The largest absolute Gasteiger partial charge is 0.480 e. The minimum Gasteiger partial charge on any atom is -0.480 e. The molecule has 7 unspecified atom stereocenters. The van der Waals surface area contributed by atoms with Gasteiger partial charge in [-0.05, 0) is 132 Å². The third kappa shape index (κ3) is 15.6. The molecule has 0 aromatic heterocycles. The highest BCUT2D eigenvalue weighted by atomic mass is 16.5. The fourth-order valence-corrected chi connectivity index (χ4v) is 9.98. The zero-order valence-electron chi connectivity index (χ0n) is 38.6. The second-order valence-corrected chi connectivity index (χ2v) is 18.8. The van der Waals surface area contributed by atoms with Crippen molar-refractivity contribution >= 4 is 23.4 Å². The molecule has 10 atom stereocenters. The van der Waals surface area contributed by atoms with Crippen LogP contribution in [0.3, 0.4) is 0 Å². The summed E-state index contributed by atoms with van der Waals surface area (Å²) in [4.78, 5) is 55.8. The van der Waals surface area contributed by atoms with Gasteiger partial charge < -0.3 is 24.6 Å². The molecule has 1 amide bonds. The summed E-state index contributed by atoms with van der Waals surface area (Å²) in [5.41, 5.74) is 1.55. The number of allylic oxidation sites excluding steroid dienone is 7. The highest BCUT2D eigenvalue weighted by Crippen LogP contribution is 2.40. The van der Waals surface area contributed by atoms with E-state index in [-0.39, 0.29) is 55.1 Å². The maximum atomic E-state index is 14.0. The summed E-state index contributed by atoms with van der Waals surface area (Å²) < 4.78 is 11.6. The lowest BCUT2D eigenvalue weighted by atomic mass is 9.71. The summed E-state index contributed by atoms with van der Waals surface area (Å²) in [7, 11) is 3.48. The Labute approximate surface area is 363 Å². The Bertz CT molecular complexity index is 1540. The predicted molar refractivity (Wildman–Crippen MR) is 241 cm³/mol. The van der Waals surface area contributed by atoms with Gasteiger partial charge in [-0.25, -0.2) is 4.79 Å². The zero-order chi connectivity index (χ0) is 44.4. The normalized spacial score (nSPS) is 36.5. The number of carbonyl (C=O) groups excluding carboxylic acids is 3. The maximum Gasteiger partial charge on any atom is 0.326 e. The zero-order valence-corrected chi connectivity index (χ0v) is 38.6. The lowest BCUT2D eigenvalue weighted by Crippen LogP contribution is -2.58. The van der Waals surface area contributed by atoms with Gasteiger partial charge in [0.25, 0.3) is 11.7 Å². The molecule has 60 heavy (non-hydrogen) atoms. The topological polar surface area (TPSA) is 130 Å². The summed E-state index contributed by atoms with van der Waals surface area (Å²) >= 11 is 0. The number of carbonyl (C=O) groups is 4. The Morgan fingerprint density at radius 3 is 2.30 bits per heavy atom. The molecule has 338 valence electrons. The number of piperidine rings is 1. The lowest BCUT2D eigenvalue weighted by molar-refractivity contribution is -0.165. The number of aliphatic hydroxyl groups is 1. The summed E-state index contributed by atoms with van der Waals surface area (Å²) in [5.74, 6) is -2.72. The van der Waals surface area contributed by atoms with Crippen LogP contribution >= 0.6 is 0 Å². The van der Waals surface area contributed by atoms with Crippen molar-refractivity contribution in [2.45, 2.75) is 181 Å². The van der Waals surface area contributed by atoms with Crippen LogP contribution in [0.4, 0.5) is 0 Å². The smallest absolute Gasteiger partial charge is 0.326 e.